The van der Waals surface area contributed by atoms with E-state index >= 15 is 0 Å². The number of benzene rings is 5. The van der Waals surface area contributed by atoms with Crippen molar-refractivity contribution in [1.29, 1.82) is 0 Å². The minimum Gasteiger partial charge on any atom is -0.467 e. The standard InChI is InChI=1S/C63H66N8O22/c1-35(72)89-54-55(90-36(2)73)57(61(81)86-4)93-60(56(54)91-37(3)74)70-50(75)20-12-19-48(69-62(82)87-34-47-45-17-10-8-15-43(45)44-16-9-11-18-46(44)47)58(79)65-30-51(76)64-31-53(78)68-49(29-38-13-6-5-7-14-38)59(80)66-32-52(77)67-40-23-21-39(22-24-40)33-88-63(83)92-42-27-25-41(26-28-42)71(84)85/h5-11,13-18,21-28,47-49,54-57,60H,12,19-20,29-34H2,1-4H3,(H,64,76)(H,65,79)(H,66,80)(H,67,77)(H,68,78)(H,69,82)(H,70,75)/t48-,49-,54-,55-,56+,57-,60-/m0/s1. The lowest BCUT2D eigenvalue weighted by Gasteiger charge is -2.43. The van der Waals surface area contributed by atoms with E-state index in [0.29, 0.717) is 16.8 Å². The first-order chi connectivity index (χ1) is 44.5. The number of anilines is 1. The molecule has 7 amide bonds. The van der Waals surface area contributed by atoms with Gasteiger partial charge in [0.2, 0.25) is 35.4 Å². The Morgan fingerprint density at radius 1 is 0.581 bits per heavy atom. The topological polar surface area (TPSA) is 406 Å². The van der Waals surface area contributed by atoms with E-state index in [2.05, 4.69) is 37.2 Å². The third kappa shape index (κ3) is 20.6. The van der Waals surface area contributed by atoms with Crippen LogP contribution in [0.1, 0.15) is 68.2 Å². The summed E-state index contributed by atoms with van der Waals surface area (Å²) in [6, 6.07) is 31.9. The van der Waals surface area contributed by atoms with Crippen LogP contribution in [0.4, 0.5) is 21.0 Å². The van der Waals surface area contributed by atoms with Crippen LogP contribution < -0.4 is 42.0 Å². The summed E-state index contributed by atoms with van der Waals surface area (Å²) in [5, 5.41) is 28.2. The molecule has 30 heteroatoms. The van der Waals surface area contributed by atoms with Gasteiger partial charge in [-0.05, 0) is 70.5 Å². The second-order valence-corrected chi connectivity index (χ2v) is 20.9. The van der Waals surface area contributed by atoms with Crippen molar-refractivity contribution >= 4 is 82.9 Å². The molecule has 2 aliphatic rings. The summed E-state index contributed by atoms with van der Waals surface area (Å²) >= 11 is 0. The van der Waals surface area contributed by atoms with Gasteiger partial charge in [0.25, 0.3) is 5.69 Å². The van der Waals surface area contributed by atoms with Crippen LogP contribution in [0.5, 0.6) is 5.75 Å². The molecule has 0 saturated carbocycles. The summed E-state index contributed by atoms with van der Waals surface area (Å²) in [5.41, 5.74) is 4.97. The second kappa shape index (κ2) is 33.5. The molecule has 1 heterocycles. The van der Waals surface area contributed by atoms with E-state index in [1.807, 2.05) is 48.5 Å². The zero-order valence-electron chi connectivity index (χ0n) is 50.5. The lowest BCUT2D eigenvalue weighted by Crippen LogP contribution is -2.67. The molecule has 0 aromatic heterocycles. The maximum atomic E-state index is 13.9. The van der Waals surface area contributed by atoms with E-state index in [1.165, 1.54) is 24.3 Å². The van der Waals surface area contributed by atoms with Gasteiger partial charge >= 0.3 is 36.1 Å². The van der Waals surface area contributed by atoms with E-state index in [1.54, 1.807) is 42.5 Å². The van der Waals surface area contributed by atoms with Crippen molar-refractivity contribution in [3.05, 3.63) is 160 Å². The Hall–Kier alpha value is -11.3. The molecule has 0 spiro atoms. The number of nitrogens with one attached hydrogen (secondary N) is 7. The number of amides is 7. The van der Waals surface area contributed by atoms with E-state index in [-0.39, 0.29) is 49.8 Å². The average molecular weight is 1290 g/mol. The molecule has 490 valence electrons. The molecule has 0 unspecified atom stereocenters. The lowest BCUT2D eigenvalue weighted by atomic mass is 9.96. The SMILES string of the molecule is COC(=O)[C@H]1O[C@H](NC(=O)CCC[C@H](NC(=O)OCC2c3ccccc3-c3ccccc32)C(=O)NCC(=O)NCC(=O)N[C@@H](Cc2ccccc2)C(=O)NCC(=O)Nc2ccc(COC(=O)Oc3ccc([N+](=O)[O-])cc3)cc2)[C@H](OC(C)=O)[C@@H](OC(C)=O)[C@@H]1OC(C)=O. The molecule has 1 aliphatic carbocycles. The number of carbonyl (C=O) groups excluding carboxylic acids is 12. The Kier molecular flexibility index (Phi) is 24.9. The highest BCUT2D eigenvalue weighted by Crippen LogP contribution is 2.44. The predicted molar refractivity (Wildman–Crippen MR) is 321 cm³/mol. The van der Waals surface area contributed by atoms with Crippen molar-refractivity contribution in [3.63, 3.8) is 0 Å². The second-order valence-electron chi connectivity index (χ2n) is 20.9. The third-order valence-electron chi connectivity index (χ3n) is 14.1. The van der Waals surface area contributed by atoms with Gasteiger partial charge in [-0.2, -0.15) is 0 Å². The molecule has 1 aliphatic heterocycles. The summed E-state index contributed by atoms with van der Waals surface area (Å²) in [6.07, 6.45) is -11.7. The monoisotopic (exact) mass is 1290 g/mol. The van der Waals surface area contributed by atoms with Gasteiger partial charge in [-0.3, -0.25) is 53.3 Å². The van der Waals surface area contributed by atoms with Crippen LogP contribution in [-0.4, -0.2) is 153 Å². The minimum atomic E-state index is -1.81. The molecule has 1 fully saturated rings. The fourth-order valence-corrected chi connectivity index (χ4v) is 9.90. The Morgan fingerprint density at radius 2 is 1.15 bits per heavy atom. The third-order valence-corrected chi connectivity index (χ3v) is 14.1. The van der Waals surface area contributed by atoms with Crippen LogP contribution in [0.2, 0.25) is 0 Å². The number of alkyl carbamates (subject to hydrolysis) is 1. The van der Waals surface area contributed by atoms with Crippen molar-refractivity contribution in [2.45, 2.75) is 102 Å². The van der Waals surface area contributed by atoms with Gasteiger partial charge in [0, 0.05) is 57.4 Å². The van der Waals surface area contributed by atoms with Crippen LogP contribution in [0, 0.1) is 10.1 Å². The number of non-ortho nitro benzene ring substituents is 1. The number of hydrogen-bond acceptors (Lipinski definition) is 22. The number of carbonyl (C=O) groups is 12. The van der Waals surface area contributed by atoms with E-state index < -0.39 is 145 Å². The molecular formula is C63H66N8O22. The van der Waals surface area contributed by atoms with Crippen molar-refractivity contribution < 1.29 is 100 Å². The number of hydrogen-bond donors (Lipinski definition) is 7. The average Bonchev–Trinajstić information content (AvgIpc) is 1.73. The fraction of sp³-hybridized carbons (Fsp3) is 0.333. The first kappa shape index (κ1) is 69.2. The normalized spacial score (nSPS) is 16.7. The van der Waals surface area contributed by atoms with Crippen molar-refractivity contribution in [2.24, 2.45) is 0 Å². The van der Waals surface area contributed by atoms with Gasteiger partial charge in [-0.1, -0.05) is 91.0 Å². The maximum Gasteiger partial charge on any atom is 0.514 e. The van der Waals surface area contributed by atoms with Gasteiger partial charge in [-0.15, -0.1) is 0 Å². The van der Waals surface area contributed by atoms with Crippen LogP contribution in [0.15, 0.2) is 127 Å². The Labute approximate surface area is 530 Å². The molecule has 7 atom stereocenters. The smallest absolute Gasteiger partial charge is 0.467 e. The fourth-order valence-electron chi connectivity index (χ4n) is 9.90. The molecule has 0 bridgehead atoms. The van der Waals surface area contributed by atoms with Crippen LogP contribution in [0.25, 0.3) is 11.1 Å². The quantitative estimate of drug-likeness (QED) is 0.0124. The van der Waals surface area contributed by atoms with Crippen LogP contribution in [0.3, 0.4) is 0 Å². The number of nitrogens with zero attached hydrogens (tertiary/aromatic N) is 1. The highest BCUT2D eigenvalue weighted by Gasteiger charge is 2.55. The van der Waals surface area contributed by atoms with Crippen molar-refractivity contribution in [3.8, 4) is 16.9 Å². The Balaban J connectivity index is 0.933. The van der Waals surface area contributed by atoms with Gasteiger partial charge in [0.1, 0.15) is 31.0 Å². The Bertz CT molecular complexity index is 3530. The summed E-state index contributed by atoms with van der Waals surface area (Å²) < 4.78 is 42.4. The molecule has 7 rings (SSSR count). The number of esters is 4. The molecule has 5 aromatic rings. The summed E-state index contributed by atoms with van der Waals surface area (Å²) in [5.74, 6) is -9.17. The van der Waals surface area contributed by atoms with Crippen LogP contribution >= 0.6 is 0 Å². The summed E-state index contributed by atoms with van der Waals surface area (Å²) in [7, 11) is 0.993. The Morgan fingerprint density at radius 3 is 1.76 bits per heavy atom. The first-order valence-corrected chi connectivity index (χ1v) is 28.8. The number of fused-ring (bicyclic) bond motifs is 3. The van der Waals surface area contributed by atoms with E-state index in [9.17, 15) is 67.6 Å². The van der Waals surface area contributed by atoms with Crippen molar-refractivity contribution in [2.75, 3.05) is 38.7 Å². The number of rotatable bonds is 28. The molecule has 5 aromatic carbocycles. The number of nitro benzene ring substituents is 1. The number of nitro groups is 1. The zero-order chi connectivity index (χ0) is 67.1. The first-order valence-electron chi connectivity index (χ1n) is 28.8. The van der Waals surface area contributed by atoms with Gasteiger partial charge < -0.3 is 75.1 Å². The molecule has 0 radical (unpaired) electrons. The van der Waals surface area contributed by atoms with Crippen molar-refractivity contribution in [1.82, 2.24) is 31.9 Å². The van der Waals surface area contributed by atoms with E-state index in [0.717, 1.165) is 62.3 Å². The number of ether oxygens (including phenoxy) is 8. The van der Waals surface area contributed by atoms with Crippen LogP contribution in [-0.2, 0) is 94.1 Å². The highest BCUT2D eigenvalue weighted by molar-refractivity contribution is 5.97. The number of methoxy groups -OCH3 is 1. The predicted octanol–water partition coefficient (Wildman–Crippen LogP) is 3.21. The molecule has 30 nitrogen and oxygen atoms in total. The van der Waals surface area contributed by atoms with Gasteiger partial charge in [0.05, 0.1) is 31.7 Å². The van der Waals surface area contributed by atoms with Gasteiger partial charge in [-0.25, -0.2) is 14.4 Å². The molecule has 1 saturated heterocycles. The molecule has 7 N–H and O–H groups in total. The molecule has 93 heavy (non-hydrogen) atoms. The van der Waals surface area contributed by atoms with E-state index in [4.69, 9.17) is 37.9 Å². The maximum absolute atomic E-state index is 13.9. The largest absolute Gasteiger partial charge is 0.514 e. The zero-order valence-corrected chi connectivity index (χ0v) is 50.5. The lowest BCUT2D eigenvalue weighted by molar-refractivity contribution is -0.384. The summed E-state index contributed by atoms with van der Waals surface area (Å²) in [4.78, 5) is 166. The highest BCUT2D eigenvalue weighted by atomic mass is 16.7. The van der Waals surface area contributed by atoms with Gasteiger partial charge in [0.15, 0.2) is 30.6 Å². The minimum absolute atomic E-state index is 0.0282. The molecular weight excluding hydrogens is 1220 g/mol. The summed E-state index contributed by atoms with van der Waals surface area (Å²) in [6.45, 7) is 0.652.